The van der Waals surface area contributed by atoms with Gasteiger partial charge < -0.3 is 20.7 Å². The molecule has 0 saturated carbocycles. The van der Waals surface area contributed by atoms with Gasteiger partial charge in [-0.25, -0.2) is 0 Å². The lowest BCUT2D eigenvalue weighted by molar-refractivity contribution is -0.132. The van der Waals surface area contributed by atoms with Gasteiger partial charge in [0.1, 0.15) is 5.75 Å². The summed E-state index contributed by atoms with van der Waals surface area (Å²) >= 11 is 0. The second-order valence-corrected chi connectivity index (χ2v) is 5.11. The zero-order chi connectivity index (χ0) is 18.7. The zero-order valence-corrected chi connectivity index (χ0v) is 17.0. The average molecular weight is 488 g/mol. The second-order valence-electron chi connectivity index (χ2n) is 5.11. The number of nitrogens with zero attached hydrogens (tertiary/aromatic N) is 1. The summed E-state index contributed by atoms with van der Waals surface area (Å²) in [6.07, 6.45) is -5.14. The van der Waals surface area contributed by atoms with Crippen molar-refractivity contribution in [1.29, 1.82) is 0 Å². The Morgan fingerprint density at radius 1 is 1.23 bits per heavy atom. The van der Waals surface area contributed by atoms with Gasteiger partial charge in [0.2, 0.25) is 0 Å². The molecule has 0 heterocycles. The summed E-state index contributed by atoms with van der Waals surface area (Å²) in [6, 6.07) is 7.06. The lowest BCUT2D eigenvalue weighted by Gasteiger charge is -2.13. The quantitative estimate of drug-likeness (QED) is 0.299. The maximum atomic E-state index is 12.1. The van der Waals surface area contributed by atoms with Gasteiger partial charge in [0, 0.05) is 26.7 Å². The van der Waals surface area contributed by atoms with Gasteiger partial charge in [-0.05, 0) is 24.6 Å². The van der Waals surface area contributed by atoms with Crippen LogP contribution in [0.25, 0.3) is 0 Å². The van der Waals surface area contributed by atoms with Crippen LogP contribution in [0.1, 0.15) is 18.9 Å². The topological polar surface area (TPSA) is 74.8 Å². The van der Waals surface area contributed by atoms with Gasteiger partial charge >= 0.3 is 6.18 Å². The number of likely N-dealkylation sites (N-methyl/N-ethyl adjacent to an activating group) is 1. The van der Waals surface area contributed by atoms with Crippen LogP contribution < -0.4 is 20.7 Å². The van der Waals surface area contributed by atoms with Crippen LogP contribution in [0.3, 0.4) is 0 Å². The number of rotatable bonds is 8. The van der Waals surface area contributed by atoms with Gasteiger partial charge in [-0.2, -0.15) is 13.2 Å². The van der Waals surface area contributed by atoms with Crippen LogP contribution in [-0.2, 0) is 11.3 Å². The van der Waals surface area contributed by atoms with Gasteiger partial charge in [0.25, 0.3) is 5.91 Å². The van der Waals surface area contributed by atoms with E-state index in [1.807, 2.05) is 13.0 Å². The van der Waals surface area contributed by atoms with Crippen molar-refractivity contribution in [3.05, 3.63) is 29.8 Å². The van der Waals surface area contributed by atoms with Gasteiger partial charge in [-0.3, -0.25) is 9.79 Å². The van der Waals surface area contributed by atoms with Crippen LogP contribution in [0, 0.1) is 0 Å². The molecule has 0 aliphatic heterocycles. The highest BCUT2D eigenvalue weighted by Crippen LogP contribution is 2.18. The number of halogens is 4. The molecule has 0 bridgehead atoms. The number of carbonyl (C=O) groups is 1. The number of ether oxygens (including phenoxy) is 1. The molecular formula is C16H24F3IN4O2. The molecule has 1 aromatic rings. The Labute approximate surface area is 168 Å². The number of aliphatic imine (C=N–C) groups is 1. The Morgan fingerprint density at radius 3 is 2.58 bits per heavy atom. The van der Waals surface area contributed by atoms with Crippen molar-refractivity contribution >= 4 is 35.8 Å². The Morgan fingerprint density at radius 2 is 1.96 bits per heavy atom. The predicted molar refractivity (Wildman–Crippen MR) is 105 cm³/mol. The largest absolute Gasteiger partial charge is 0.484 e. The normalized spacial score (nSPS) is 11.3. The third-order valence-corrected chi connectivity index (χ3v) is 3.03. The summed E-state index contributed by atoms with van der Waals surface area (Å²) in [6.45, 7) is 2.38. The Balaban J connectivity index is 0.00000625. The van der Waals surface area contributed by atoms with Gasteiger partial charge in [0.05, 0.1) is 6.42 Å². The first-order chi connectivity index (χ1) is 11.8. The molecule has 0 spiro atoms. The van der Waals surface area contributed by atoms with Crippen molar-refractivity contribution in [2.45, 2.75) is 26.1 Å². The fourth-order valence-electron chi connectivity index (χ4n) is 1.87. The summed E-state index contributed by atoms with van der Waals surface area (Å²) < 4.78 is 41.8. The highest BCUT2D eigenvalue weighted by Gasteiger charge is 2.26. The second kappa shape index (κ2) is 12.6. The van der Waals surface area contributed by atoms with Crippen molar-refractivity contribution in [2.75, 3.05) is 26.7 Å². The number of hydrogen-bond acceptors (Lipinski definition) is 3. The lowest BCUT2D eigenvalue weighted by atomic mass is 10.2. The molecule has 3 N–H and O–H groups in total. The van der Waals surface area contributed by atoms with Crippen LogP contribution in [0.15, 0.2) is 29.3 Å². The molecule has 0 fully saturated rings. The number of amides is 1. The van der Waals surface area contributed by atoms with Gasteiger partial charge in [-0.1, -0.05) is 12.1 Å². The van der Waals surface area contributed by atoms with Gasteiger partial charge in [0.15, 0.2) is 12.6 Å². The SMILES string of the molecule is CCNC(=O)COc1cccc(CNC(=NC)NCCC(F)(F)F)c1.I. The van der Waals surface area contributed by atoms with Gasteiger partial charge in [-0.15, -0.1) is 24.0 Å². The average Bonchev–Trinajstić information content (AvgIpc) is 2.56. The van der Waals surface area contributed by atoms with E-state index in [0.717, 1.165) is 5.56 Å². The smallest absolute Gasteiger partial charge is 0.390 e. The molecular weight excluding hydrogens is 464 g/mol. The molecule has 1 amide bonds. The molecule has 0 saturated heterocycles. The Hall–Kier alpha value is -1.72. The van der Waals surface area contributed by atoms with Crippen LogP contribution >= 0.6 is 24.0 Å². The van der Waals surface area contributed by atoms with Crippen LogP contribution in [0.2, 0.25) is 0 Å². The zero-order valence-electron chi connectivity index (χ0n) is 14.7. The van der Waals surface area contributed by atoms with E-state index in [1.165, 1.54) is 7.05 Å². The molecule has 0 aliphatic rings. The van der Waals surface area contributed by atoms with E-state index in [0.29, 0.717) is 18.8 Å². The molecule has 26 heavy (non-hydrogen) atoms. The summed E-state index contributed by atoms with van der Waals surface area (Å²) in [5, 5.41) is 8.15. The van der Waals surface area contributed by atoms with E-state index in [1.54, 1.807) is 18.2 Å². The first kappa shape index (κ1) is 24.3. The minimum Gasteiger partial charge on any atom is -0.484 e. The van der Waals surface area contributed by atoms with Crippen molar-refractivity contribution in [3.8, 4) is 5.75 Å². The predicted octanol–water partition coefficient (Wildman–Crippen LogP) is 2.44. The fraction of sp³-hybridized carbons (Fsp3) is 0.500. The maximum Gasteiger partial charge on any atom is 0.390 e. The third kappa shape index (κ3) is 11.0. The Bertz CT molecular complexity index is 583. The van der Waals surface area contributed by atoms with Crippen LogP contribution in [-0.4, -0.2) is 44.8 Å². The summed E-state index contributed by atoms with van der Waals surface area (Å²) in [4.78, 5) is 15.2. The molecule has 0 unspecified atom stereocenters. The highest BCUT2D eigenvalue weighted by atomic mass is 127. The molecule has 10 heteroatoms. The van der Waals surface area contributed by atoms with Crippen LogP contribution in [0.5, 0.6) is 5.75 Å². The molecule has 1 rings (SSSR count). The number of guanidine groups is 1. The molecule has 6 nitrogen and oxygen atoms in total. The standard InChI is InChI=1S/C16H23F3N4O2.HI/c1-3-21-14(24)11-25-13-6-4-5-12(9-13)10-23-15(20-2)22-8-7-16(17,18)19;/h4-6,9H,3,7-8,10-11H2,1-2H3,(H,21,24)(H2,20,22,23);1H. The number of nitrogens with one attached hydrogen (secondary N) is 3. The molecule has 148 valence electrons. The van der Waals surface area contributed by atoms with E-state index in [4.69, 9.17) is 4.74 Å². The van der Waals surface area contributed by atoms with Crippen molar-refractivity contribution in [2.24, 2.45) is 4.99 Å². The summed E-state index contributed by atoms with van der Waals surface area (Å²) in [7, 11) is 1.48. The van der Waals surface area contributed by atoms with Crippen LogP contribution in [0.4, 0.5) is 13.2 Å². The summed E-state index contributed by atoms with van der Waals surface area (Å²) in [5.74, 6) is 0.601. The van der Waals surface area contributed by atoms with E-state index >= 15 is 0 Å². The maximum absolute atomic E-state index is 12.1. The molecule has 0 radical (unpaired) electrons. The number of benzene rings is 1. The van der Waals surface area contributed by atoms with E-state index < -0.39 is 12.6 Å². The summed E-state index contributed by atoms with van der Waals surface area (Å²) in [5.41, 5.74) is 0.840. The lowest BCUT2D eigenvalue weighted by Crippen LogP contribution is -2.38. The molecule has 0 aliphatic carbocycles. The number of alkyl halides is 3. The van der Waals surface area contributed by atoms with E-state index in [-0.39, 0.29) is 49.0 Å². The number of hydrogen-bond donors (Lipinski definition) is 3. The van der Waals surface area contributed by atoms with Crippen molar-refractivity contribution in [1.82, 2.24) is 16.0 Å². The molecule has 0 atom stereocenters. The fourth-order valence-corrected chi connectivity index (χ4v) is 1.87. The van der Waals surface area contributed by atoms with Crippen molar-refractivity contribution < 1.29 is 22.7 Å². The van der Waals surface area contributed by atoms with E-state index in [2.05, 4.69) is 20.9 Å². The first-order valence-corrected chi connectivity index (χ1v) is 7.83. The first-order valence-electron chi connectivity index (χ1n) is 7.83. The molecule has 0 aromatic heterocycles. The monoisotopic (exact) mass is 488 g/mol. The minimum atomic E-state index is -4.21. The highest BCUT2D eigenvalue weighted by molar-refractivity contribution is 14.0. The molecule has 1 aromatic carbocycles. The third-order valence-electron chi connectivity index (χ3n) is 3.03. The Kier molecular flexibility index (Phi) is 11.8. The van der Waals surface area contributed by atoms with E-state index in [9.17, 15) is 18.0 Å². The minimum absolute atomic E-state index is 0. The number of carbonyl (C=O) groups excluding carboxylic acids is 1. The van der Waals surface area contributed by atoms with Crippen molar-refractivity contribution in [3.63, 3.8) is 0 Å².